The Balaban J connectivity index is 4.69. The maximum atomic E-state index is 12.0. The predicted molar refractivity (Wildman–Crippen MR) is 125 cm³/mol. The molecule has 0 aromatic rings. The number of nitro groups is 1. The third-order valence-corrected chi connectivity index (χ3v) is 5.22. The maximum absolute atomic E-state index is 12.0. The molecule has 0 saturated carbocycles. The van der Waals surface area contributed by atoms with Crippen molar-refractivity contribution >= 4 is 11.9 Å². The van der Waals surface area contributed by atoms with Crippen LogP contribution in [0.15, 0.2) is 0 Å². The first kappa shape index (κ1) is 32.5. The number of hydrogen-bond acceptors (Lipinski definition) is 9. The highest BCUT2D eigenvalue weighted by molar-refractivity contribution is 5.69. The second-order valence-corrected chi connectivity index (χ2v) is 8.56. The van der Waals surface area contributed by atoms with E-state index in [0.717, 1.165) is 51.4 Å². The van der Waals surface area contributed by atoms with E-state index >= 15 is 0 Å². The third kappa shape index (κ3) is 21.8. The fourth-order valence-corrected chi connectivity index (χ4v) is 3.21. The third-order valence-electron chi connectivity index (χ3n) is 5.22. The molecule has 0 bridgehead atoms. The van der Waals surface area contributed by atoms with Crippen LogP contribution in [0.2, 0.25) is 0 Å². The van der Waals surface area contributed by atoms with E-state index in [9.17, 15) is 24.6 Å². The zero-order valence-electron chi connectivity index (χ0n) is 21.2. The summed E-state index contributed by atoms with van der Waals surface area (Å²) >= 11 is 0. The molecule has 1 unspecified atom stereocenters. The van der Waals surface area contributed by atoms with Gasteiger partial charge in [0.05, 0.1) is 12.5 Å². The Morgan fingerprint density at radius 3 is 1.69 bits per heavy atom. The molecular weight excluding hydrogens is 464 g/mol. The van der Waals surface area contributed by atoms with Crippen molar-refractivity contribution in [3.8, 4) is 0 Å². The molecule has 12 nitrogen and oxygen atoms in total. The van der Waals surface area contributed by atoms with Gasteiger partial charge in [0, 0.05) is 17.8 Å². The summed E-state index contributed by atoms with van der Waals surface area (Å²) in [6.45, 7) is 2.59. The summed E-state index contributed by atoms with van der Waals surface area (Å²) in [5.74, 6) is -1.66. The van der Waals surface area contributed by atoms with E-state index in [2.05, 4.69) is 18.7 Å². The summed E-state index contributed by atoms with van der Waals surface area (Å²) in [5.41, 5.74) is 0. The largest absolute Gasteiger partial charge is 0.475 e. The molecule has 0 aliphatic heterocycles. The van der Waals surface area contributed by atoms with Crippen LogP contribution in [-0.4, -0.2) is 66.2 Å². The molecule has 12 heteroatoms. The first-order valence-electron chi connectivity index (χ1n) is 12.6. The Bertz CT molecular complexity index is 573. The number of hydrogen-bond donors (Lipinski definition) is 1. The van der Waals surface area contributed by atoms with Crippen molar-refractivity contribution in [1.82, 2.24) is 0 Å². The molecule has 0 fully saturated rings. The van der Waals surface area contributed by atoms with Gasteiger partial charge in [-0.25, -0.2) is 5.21 Å². The van der Waals surface area contributed by atoms with Gasteiger partial charge >= 0.3 is 17.0 Å². The lowest BCUT2D eigenvalue weighted by molar-refractivity contribution is -0.976. The van der Waals surface area contributed by atoms with Crippen LogP contribution in [0, 0.1) is 20.9 Å². The van der Waals surface area contributed by atoms with Crippen LogP contribution >= 0.6 is 0 Å². The highest BCUT2D eigenvalue weighted by atomic mass is 16.9. The van der Waals surface area contributed by atoms with Gasteiger partial charge in [0.1, 0.15) is 24.2 Å². The van der Waals surface area contributed by atoms with Gasteiger partial charge in [0.25, 0.3) is 0 Å². The molecule has 0 aliphatic carbocycles. The summed E-state index contributed by atoms with van der Waals surface area (Å²) in [7, 11) is 0. The molecule has 1 atom stereocenters. The average molecular weight is 508 g/mol. The smallest absolute Gasteiger partial charge is 0.463 e. The second kappa shape index (κ2) is 22.0. The second-order valence-electron chi connectivity index (χ2n) is 8.56. The summed E-state index contributed by atoms with van der Waals surface area (Å²) < 4.78 is 16.1. The van der Waals surface area contributed by atoms with E-state index in [0.29, 0.717) is 12.8 Å². The first-order valence-corrected chi connectivity index (χ1v) is 12.6. The van der Waals surface area contributed by atoms with Crippen molar-refractivity contribution in [2.24, 2.45) is 5.92 Å². The lowest BCUT2D eigenvalue weighted by atomic mass is 10.1. The highest BCUT2D eigenvalue weighted by Gasteiger charge is 2.24. The van der Waals surface area contributed by atoms with Gasteiger partial charge in [-0.15, -0.1) is 0 Å². The minimum Gasteiger partial charge on any atom is -0.463 e. The Morgan fingerprint density at radius 1 is 0.771 bits per heavy atom. The predicted octanol–water partition coefficient (Wildman–Crippen LogP) is 4.17. The Kier molecular flexibility index (Phi) is 20.4. The van der Waals surface area contributed by atoms with E-state index in [1.165, 1.54) is 0 Å². The molecule has 0 aromatic heterocycles. The van der Waals surface area contributed by atoms with Crippen LogP contribution in [0.1, 0.15) is 90.9 Å². The van der Waals surface area contributed by atoms with Crippen LogP contribution in [-0.2, 0) is 28.6 Å². The topological polar surface area (TPSA) is 155 Å². The van der Waals surface area contributed by atoms with Crippen LogP contribution in [0.5, 0.6) is 0 Å². The summed E-state index contributed by atoms with van der Waals surface area (Å²) in [6, 6.07) is 0. The normalized spacial score (nSPS) is 11.7. The number of nitrogens with zero attached hydrogens (tertiary/aromatic N) is 2. The van der Waals surface area contributed by atoms with Gasteiger partial charge in [-0.05, 0) is 12.8 Å². The minimum absolute atomic E-state index is 0.183. The molecule has 0 saturated heterocycles. The van der Waals surface area contributed by atoms with Gasteiger partial charge in [-0.3, -0.25) is 19.7 Å². The van der Waals surface area contributed by atoms with Crippen molar-refractivity contribution in [1.29, 1.82) is 0 Å². The van der Waals surface area contributed by atoms with Crippen molar-refractivity contribution in [3.63, 3.8) is 0 Å². The number of esters is 2. The quantitative estimate of drug-likeness (QED) is 0.0870. The minimum atomic E-state index is -0.861. The first-order chi connectivity index (χ1) is 16.8. The number of rotatable bonds is 24. The lowest BCUT2D eigenvalue weighted by Gasteiger charge is -2.20. The number of carbonyl (C=O) groups excluding carboxylic acids is 2. The van der Waals surface area contributed by atoms with Crippen molar-refractivity contribution in [3.05, 3.63) is 15.0 Å². The fourth-order valence-electron chi connectivity index (χ4n) is 3.21. The van der Waals surface area contributed by atoms with Gasteiger partial charge in [0.2, 0.25) is 6.54 Å². The molecule has 1 N–H and O–H groups in total. The number of ether oxygens (including phenoxy) is 3. The van der Waals surface area contributed by atoms with E-state index in [1.807, 2.05) is 0 Å². The monoisotopic (exact) mass is 507 g/mol. The van der Waals surface area contributed by atoms with Crippen molar-refractivity contribution in [2.45, 2.75) is 97.0 Å². The molecule has 35 heavy (non-hydrogen) atoms. The van der Waals surface area contributed by atoms with Crippen LogP contribution in [0.25, 0.3) is 0 Å². The van der Waals surface area contributed by atoms with Crippen LogP contribution in [0.3, 0.4) is 0 Å². The van der Waals surface area contributed by atoms with Gasteiger partial charge < -0.3 is 14.2 Å². The Morgan fingerprint density at radius 2 is 1.26 bits per heavy atom. The molecule has 0 radical (unpaired) electrons. The summed E-state index contributed by atoms with van der Waals surface area (Å²) in [6.07, 6.45) is 9.54. The highest BCUT2D eigenvalue weighted by Crippen LogP contribution is 2.09. The van der Waals surface area contributed by atoms with E-state index in [-0.39, 0.29) is 32.7 Å². The Labute approximate surface area is 207 Å². The maximum Gasteiger partial charge on any atom is 0.475 e. The van der Waals surface area contributed by atoms with Gasteiger partial charge in [-0.2, -0.15) is 4.84 Å². The fraction of sp³-hybridized carbons (Fsp3) is 0.913. The van der Waals surface area contributed by atoms with Crippen LogP contribution < -0.4 is 0 Å². The van der Waals surface area contributed by atoms with Crippen molar-refractivity contribution in [2.75, 3.05) is 33.0 Å². The molecule has 0 rings (SSSR count). The lowest BCUT2D eigenvalue weighted by Crippen LogP contribution is -2.33. The zero-order valence-corrected chi connectivity index (χ0v) is 21.2. The van der Waals surface area contributed by atoms with E-state index < -0.39 is 47.1 Å². The molecule has 0 aliphatic rings. The van der Waals surface area contributed by atoms with Crippen LogP contribution in [0.4, 0.5) is 0 Å². The summed E-state index contributed by atoms with van der Waals surface area (Å²) in [5, 5.41) is 18.7. The zero-order chi connectivity index (χ0) is 26.3. The molecule has 0 aromatic carbocycles. The SMILES string of the molecule is CCCCCCCC(=O)OCC(COC(=O)CCCCCCC)OCC(CO[N+](=O)O)C[N+](=O)[O-]. The molecule has 0 spiro atoms. The van der Waals surface area contributed by atoms with Gasteiger partial charge in [0.15, 0.2) is 6.61 Å². The summed E-state index contributed by atoms with van der Waals surface area (Å²) in [4.78, 5) is 49.2. The molecule has 204 valence electrons. The van der Waals surface area contributed by atoms with E-state index in [4.69, 9.17) is 19.4 Å². The van der Waals surface area contributed by atoms with Crippen molar-refractivity contribution < 1.29 is 43.9 Å². The van der Waals surface area contributed by atoms with E-state index in [1.54, 1.807) is 0 Å². The Hall–Kier alpha value is -2.50. The molecule has 0 amide bonds. The molecule has 0 heterocycles. The standard InChI is InChI=1S/C23H43N2O10/c1-3-5-7-9-11-13-22(26)33-18-21(19-34-23(27)14-12-10-8-6-4-2)32-16-20(15-24(28)29)17-35-25(30)31/h20-21H,3-19H2,1-2H3,(H,30,31)/q+1. The average Bonchev–Trinajstić information content (AvgIpc) is 2.81. The number of unbranched alkanes of at least 4 members (excludes halogenated alkanes) is 8. The number of carbonyl (C=O) groups is 2. The van der Waals surface area contributed by atoms with Gasteiger partial charge in [-0.1, -0.05) is 65.2 Å². The molecular formula is C23H43N2O10+.